The van der Waals surface area contributed by atoms with E-state index in [1.54, 1.807) is 24.3 Å². The number of amides is 3. The van der Waals surface area contributed by atoms with E-state index in [9.17, 15) is 19.5 Å². The molecule has 2 heterocycles. The van der Waals surface area contributed by atoms with Gasteiger partial charge >= 0.3 is 6.09 Å². The summed E-state index contributed by atoms with van der Waals surface area (Å²) in [6.07, 6.45) is 6.41. The summed E-state index contributed by atoms with van der Waals surface area (Å²) in [6, 6.07) is 13.9. The normalized spacial score (nSPS) is 20.9. The molecule has 9 nitrogen and oxygen atoms in total. The third-order valence-corrected chi connectivity index (χ3v) is 10.0. The predicted molar refractivity (Wildman–Crippen MR) is 176 cm³/mol. The van der Waals surface area contributed by atoms with Gasteiger partial charge in [0.2, 0.25) is 5.91 Å². The number of ether oxygens (including phenoxy) is 2. The molecule has 3 fully saturated rings. The first kappa shape index (κ1) is 34.5. The van der Waals surface area contributed by atoms with Crippen molar-refractivity contribution >= 4 is 41.1 Å². The number of aliphatic hydroxyl groups is 1. The molecule has 11 heteroatoms. The Kier molecular flexibility index (Phi) is 12.2. The van der Waals surface area contributed by atoms with E-state index in [1.807, 2.05) is 24.3 Å². The summed E-state index contributed by atoms with van der Waals surface area (Å²) in [7, 11) is 0. The standard InChI is InChI=1S/C35H45Cl2N3O6/c36-28-10-4-8-25(16-28)21-40(22-26-9-5-11-29(37)17-26)34(44)46-31(18-24-6-2-1-3-7-24)33(43)38-30(23-41)19-27-20-35(39-32(27)42)12-14-45-15-13-35/h4-5,8-11,16-17,24,27,30-31,41H,1-3,6-7,12-15,18-23H2,(H,38,43)(H,39,42)/t27-,30-,31-/m0/s1. The largest absolute Gasteiger partial charge is 0.436 e. The van der Waals surface area contributed by atoms with Gasteiger partial charge in [-0.15, -0.1) is 0 Å². The van der Waals surface area contributed by atoms with Crippen molar-refractivity contribution < 1.29 is 29.0 Å². The molecule has 0 unspecified atom stereocenters. The van der Waals surface area contributed by atoms with Crippen molar-refractivity contribution in [3.8, 4) is 0 Å². The average Bonchev–Trinajstić information content (AvgIpc) is 3.33. The summed E-state index contributed by atoms with van der Waals surface area (Å²) in [5, 5.41) is 17.5. The fourth-order valence-electron chi connectivity index (χ4n) is 7.10. The second kappa shape index (κ2) is 16.3. The Labute approximate surface area is 281 Å². The van der Waals surface area contributed by atoms with E-state index in [0.29, 0.717) is 42.5 Å². The molecule has 0 bridgehead atoms. The lowest BCUT2D eigenvalue weighted by atomic mass is 9.83. The molecule has 0 aromatic heterocycles. The number of rotatable bonds is 12. The number of aliphatic hydroxyl groups excluding tert-OH is 1. The van der Waals surface area contributed by atoms with E-state index >= 15 is 0 Å². The number of hydrogen-bond acceptors (Lipinski definition) is 6. The Morgan fingerprint density at radius 2 is 1.63 bits per heavy atom. The van der Waals surface area contributed by atoms with Gasteiger partial charge in [-0.1, -0.05) is 79.6 Å². The summed E-state index contributed by atoms with van der Waals surface area (Å²) < 4.78 is 11.5. The molecular formula is C35H45Cl2N3O6. The van der Waals surface area contributed by atoms with Crippen LogP contribution in [0.5, 0.6) is 0 Å². The average molecular weight is 675 g/mol. The van der Waals surface area contributed by atoms with Crippen molar-refractivity contribution in [1.82, 2.24) is 15.5 Å². The van der Waals surface area contributed by atoms with Crippen molar-refractivity contribution in [1.29, 1.82) is 0 Å². The fourth-order valence-corrected chi connectivity index (χ4v) is 7.53. The van der Waals surface area contributed by atoms with Gasteiger partial charge in [0, 0.05) is 47.8 Å². The highest BCUT2D eigenvalue weighted by Crippen LogP contribution is 2.36. The molecule has 2 aliphatic heterocycles. The third-order valence-electron chi connectivity index (χ3n) is 9.57. The van der Waals surface area contributed by atoms with E-state index in [1.165, 1.54) is 4.90 Å². The highest BCUT2D eigenvalue weighted by atomic mass is 35.5. The van der Waals surface area contributed by atoms with Crippen molar-refractivity contribution in [2.24, 2.45) is 11.8 Å². The topological polar surface area (TPSA) is 117 Å². The van der Waals surface area contributed by atoms with Crippen LogP contribution >= 0.6 is 23.2 Å². The molecule has 1 aliphatic carbocycles. The van der Waals surface area contributed by atoms with Gasteiger partial charge in [0.15, 0.2) is 6.10 Å². The van der Waals surface area contributed by atoms with Crippen LogP contribution in [-0.2, 0) is 32.2 Å². The Hall–Kier alpha value is -2.85. The molecule has 2 saturated heterocycles. The van der Waals surface area contributed by atoms with Crippen LogP contribution in [0.15, 0.2) is 48.5 Å². The lowest BCUT2D eigenvalue weighted by Gasteiger charge is -2.33. The first-order valence-corrected chi connectivity index (χ1v) is 17.2. The molecule has 0 radical (unpaired) electrons. The summed E-state index contributed by atoms with van der Waals surface area (Å²) in [5.74, 6) is -0.603. The molecule has 250 valence electrons. The number of nitrogens with one attached hydrogen (secondary N) is 2. The van der Waals surface area contributed by atoms with Gasteiger partial charge in [-0.25, -0.2) is 4.79 Å². The lowest BCUT2D eigenvalue weighted by Crippen LogP contribution is -2.47. The highest BCUT2D eigenvalue weighted by molar-refractivity contribution is 6.30. The van der Waals surface area contributed by atoms with Crippen LogP contribution in [0.25, 0.3) is 0 Å². The molecule has 5 rings (SSSR count). The molecule has 2 aromatic carbocycles. The molecule has 3 N–H and O–H groups in total. The second-order valence-corrected chi connectivity index (χ2v) is 14.0. The summed E-state index contributed by atoms with van der Waals surface area (Å²) in [4.78, 5) is 42.1. The maximum atomic E-state index is 13.9. The van der Waals surface area contributed by atoms with Gasteiger partial charge in [-0.3, -0.25) is 14.5 Å². The first-order chi connectivity index (χ1) is 22.2. The number of carbonyl (C=O) groups is 3. The minimum absolute atomic E-state index is 0.0579. The Morgan fingerprint density at radius 1 is 1.00 bits per heavy atom. The summed E-state index contributed by atoms with van der Waals surface area (Å²) >= 11 is 12.5. The zero-order valence-electron chi connectivity index (χ0n) is 26.2. The van der Waals surface area contributed by atoms with Crippen molar-refractivity contribution in [2.75, 3.05) is 19.8 Å². The van der Waals surface area contributed by atoms with Crippen LogP contribution in [0, 0.1) is 11.8 Å². The molecule has 46 heavy (non-hydrogen) atoms. The highest BCUT2D eigenvalue weighted by Gasteiger charge is 2.45. The molecule has 1 spiro atoms. The maximum absolute atomic E-state index is 13.9. The first-order valence-electron chi connectivity index (χ1n) is 16.5. The second-order valence-electron chi connectivity index (χ2n) is 13.1. The molecule has 2 aromatic rings. The summed E-state index contributed by atoms with van der Waals surface area (Å²) in [5.41, 5.74) is 1.35. The van der Waals surface area contributed by atoms with E-state index < -0.39 is 24.1 Å². The van der Waals surface area contributed by atoms with Crippen molar-refractivity contribution in [3.63, 3.8) is 0 Å². The third kappa shape index (κ3) is 9.59. The molecule has 3 atom stereocenters. The van der Waals surface area contributed by atoms with Crippen molar-refractivity contribution in [3.05, 3.63) is 69.7 Å². The zero-order valence-corrected chi connectivity index (χ0v) is 27.7. The number of halogens is 2. The van der Waals surface area contributed by atoms with Crippen LogP contribution in [0.4, 0.5) is 4.79 Å². The van der Waals surface area contributed by atoms with Crippen LogP contribution in [-0.4, -0.2) is 65.4 Å². The SMILES string of the molecule is O=C1NC2(CCOCC2)C[C@@H]1C[C@@H](CO)NC(=O)[C@H](CC1CCCCC1)OC(=O)N(Cc1cccc(Cl)c1)Cc1cccc(Cl)c1. The lowest BCUT2D eigenvalue weighted by molar-refractivity contribution is -0.133. The van der Waals surface area contributed by atoms with Crippen LogP contribution in [0.1, 0.15) is 75.3 Å². The predicted octanol–water partition coefficient (Wildman–Crippen LogP) is 6.02. The van der Waals surface area contributed by atoms with E-state index in [0.717, 1.165) is 56.1 Å². The number of nitrogens with zero attached hydrogens (tertiary/aromatic N) is 1. The quantitative estimate of drug-likeness (QED) is 0.254. The van der Waals surface area contributed by atoms with Crippen LogP contribution in [0.3, 0.4) is 0 Å². The van der Waals surface area contributed by atoms with Crippen LogP contribution in [0.2, 0.25) is 10.0 Å². The van der Waals surface area contributed by atoms with Gasteiger partial charge in [-0.2, -0.15) is 0 Å². The minimum Gasteiger partial charge on any atom is -0.436 e. The molecule has 1 saturated carbocycles. The minimum atomic E-state index is -1.05. The van der Waals surface area contributed by atoms with Gasteiger partial charge in [0.05, 0.1) is 12.6 Å². The van der Waals surface area contributed by atoms with Gasteiger partial charge in [0.25, 0.3) is 5.91 Å². The molecule has 3 aliphatic rings. The Balaban J connectivity index is 1.30. The van der Waals surface area contributed by atoms with Gasteiger partial charge < -0.3 is 25.2 Å². The Bertz CT molecular complexity index is 1300. The monoisotopic (exact) mass is 673 g/mol. The van der Waals surface area contributed by atoms with E-state index in [2.05, 4.69) is 10.6 Å². The maximum Gasteiger partial charge on any atom is 0.411 e. The Morgan fingerprint density at radius 3 is 2.22 bits per heavy atom. The van der Waals surface area contributed by atoms with Gasteiger partial charge in [0.1, 0.15) is 0 Å². The smallest absolute Gasteiger partial charge is 0.411 e. The van der Waals surface area contributed by atoms with Crippen LogP contribution < -0.4 is 10.6 Å². The van der Waals surface area contributed by atoms with E-state index in [-0.39, 0.29) is 43.0 Å². The molecule has 3 amide bonds. The number of hydrogen-bond donors (Lipinski definition) is 3. The number of benzene rings is 2. The molecular weight excluding hydrogens is 629 g/mol. The van der Waals surface area contributed by atoms with Gasteiger partial charge in [-0.05, 0) is 73.4 Å². The zero-order chi connectivity index (χ0) is 32.5. The fraction of sp³-hybridized carbons (Fsp3) is 0.571. The number of carbonyl (C=O) groups excluding carboxylic acids is 3. The van der Waals surface area contributed by atoms with E-state index in [4.69, 9.17) is 32.7 Å². The van der Waals surface area contributed by atoms with Crippen molar-refractivity contribution in [2.45, 2.75) is 95.0 Å². The summed E-state index contributed by atoms with van der Waals surface area (Å²) in [6.45, 7) is 1.31.